The van der Waals surface area contributed by atoms with Gasteiger partial charge >= 0.3 is 0 Å². The van der Waals surface area contributed by atoms with Gasteiger partial charge in [0.05, 0.1) is 23.7 Å². The Hall–Kier alpha value is -4.74. The molecule has 2 saturated carbocycles. The molecular formula is C26H20N6O6. The molecule has 6 amide bonds. The topological polar surface area (TPSA) is 159 Å². The minimum Gasteiger partial charge on any atom is -0.272 e. The zero-order valence-corrected chi connectivity index (χ0v) is 19.6. The zero-order chi connectivity index (χ0) is 26.3. The summed E-state index contributed by atoms with van der Waals surface area (Å²) in [4.78, 5) is 86.4. The number of nitrogens with one attached hydrogen (secondary N) is 2. The van der Waals surface area contributed by atoms with Gasteiger partial charge in [-0.15, -0.1) is 0 Å². The van der Waals surface area contributed by atoms with Gasteiger partial charge in [-0.05, 0) is 47.9 Å². The van der Waals surface area contributed by atoms with E-state index in [-0.39, 0.29) is 23.0 Å². The number of hydrazine groups is 2. The molecule has 4 heterocycles. The lowest BCUT2D eigenvalue weighted by molar-refractivity contribution is -0.166. The highest BCUT2D eigenvalue weighted by Gasteiger charge is 2.75. The van der Waals surface area contributed by atoms with E-state index in [2.05, 4.69) is 20.8 Å². The van der Waals surface area contributed by atoms with Gasteiger partial charge in [-0.25, -0.2) is 0 Å². The van der Waals surface area contributed by atoms with Crippen molar-refractivity contribution in [3.8, 4) is 0 Å². The molecule has 2 aromatic rings. The first kappa shape index (κ1) is 22.5. The number of hydrogen-bond acceptors (Lipinski definition) is 8. The summed E-state index contributed by atoms with van der Waals surface area (Å²) in [5, 5.41) is 1.58. The maximum atomic E-state index is 13.4. The van der Waals surface area contributed by atoms with Gasteiger partial charge in [-0.3, -0.25) is 49.6 Å². The van der Waals surface area contributed by atoms with E-state index in [1.807, 2.05) is 12.2 Å². The molecule has 0 radical (unpaired) electrons. The van der Waals surface area contributed by atoms with Crippen molar-refractivity contribution in [3.63, 3.8) is 0 Å². The van der Waals surface area contributed by atoms with Crippen LogP contribution < -0.4 is 10.9 Å². The van der Waals surface area contributed by atoms with E-state index < -0.39 is 71.0 Å². The SMILES string of the molecule is O=C(NN1C(=O)[C@H]2[C@@H]3C=C[C@@H]([C@@H]2C1=O)[C@H]1[C@H]2C(=O)N(NC(=O)c4ccncc4)C(=O)[C@@H]2[C@H]31)c1ccncc1. The average molecular weight is 512 g/mol. The number of hydrogen-bond donors (Lipinski definition) is 2. The minimum absolute atomic E-state index is 0.247. The number of fused-ring (bicyclic) bond motifs is 1. The van der Waals surface area contributed by atoms with Crippen LogP contribution in [-0.2, 0) is 19.2 Å². The number of aromatic nitrogens is 2. The molecule has 6 aliphatic rings. The second-order valence-electron chi connectivity index (χ2n) is 10.2. The maximum absolute atomic E-state index is 13.4. The fourth-order valence-electron chi connectivity index (χ4n) is 7.16. The Bertz CT molecular complexity index is 1410. The van der Waals surface area contributed by atoms with Crippen LogP contribution in [0.15, 0.2) is 61.2 Å². The molecule has 8 rings (SSSR count). The second kappa shape index (κ2) is 7.88. The molecule has 4 aliphatic carbocycles. The van der Waals surface area contributed by atoms with Gasteiger partial charge in [0.2, 0.25) is 0 Å². The monoisotopic (exact) mass is 512 g/mol. The molecule has 38 heavy (non-hydrogen) atoms. The quantitative estimate of drug-likeness (QED) is 0.419. The number of nitrogens with zero attached hydrogens (tertiary/aromatic N) is 4. The van der Waals surface area contributed by atoms with Gasteiger partial charge in [0, 0.05) is 35.9 Å². The molecule has 0 unspecified atom stereocenters. The highest BCUT2D eigenvalue weighted by Crippen LogP contribution is 2.67. The molecule has 190 valence electrons. The van der Waals surface area contributed by atoms with E-state index in [4.69, 9.17) is 0 Å². The molecule has 0 aromatic carbocycles. The number of allylic oxidation sites excluding steroid dienone is 2. The van der Waals surface area contributed by atoms with Crippen molar-refractivity contribution in [2.24, 2.45) is 47.3 Å². The summed E-state index contributed by atoms with van der Waals surface area (Å²) in [6, 6.07) is 5.88. The first-order valence-corrected chi connectivity index (χ1v) is 12.2. The van der Waals surface area contributed by atoms with Crippen molar-refractivity contribution in [1.82, 2.24) is 30.8 Å². The van der Waals surface area contributed by atoms with Crippen LogP contribution >= 0.6 is 0 Å². The summed E-state index contributed by atoms with van der Waals surface area (Å²) >= 11 is 0. The molecular weight excluding hydrogens is 492 g/mol. The van der Waals surface area contributed by atoms with E-state index in [9.17, 15) is 28.8 Å². The summed E-state index contributed by atoms with van der Waals surface area (Å²) in [6.45, 7) is 0. The fraction of sp³-hybridized carbons (Fsp3) is 0.308. The van der Waals surface area contributed by atoms with Gasteiger partial charge in [-0.2, -0.15) is 10.0 Å². The third-order valence-electron chi connectivity index (χ3n) is 8.66. The van der Waals surface area contributed by atoms with Crippen LogP contribution in [0.2, 0.25) is 0 Å². The molecule has 4 fully saturated rings. The lowest BCUT2D eigenvalue weighted by atomic mass is 9.40. The molecule has 8 atom stereocenters. The first-order valence-electron chi connectivity index (χ1n) is 12.2. The van der Waals surface area contributed by atoms with Gasteiger partial charge in [0.1, 0.15) is 0 Å². The fourth-order valence-corrected chi connectivity index (χ4v) is 7.16. The van der Waals surface area contributed by atoms with Crippen molar-refractivity contribution in [1.29, 1.82) is 0 Å². The van der Waals surface area contributed by atoms with Crippen LogP contribution in [0.3, 0.4) is 0 Å². The van der Waals surface area contributed by atoms with Crippen molar-refractivity contribution < 1.29 is 28.8 Å². The van der Waals surface area contributed by atoms with Crippen LogP contribution in [0.4, 0.5) is 0 Å². The Morgan fingerprint density at radius 2 is 0.921 bits per heavy atom. The van der Waals surface area contributed by atoms with Crippen LogP contribution in [0.5, 0.6) is 0 Å². The summed E-state index contributed by atoms with van der Waals surface area (Å²) in [7, 11) is 0. The van der Waals surface area contributed by atoms with Gasteiger partial charge in [-0.1, -0.05) is 12.2 Å². The Kier molecular flexibility index (Phi) is 4.66. The molecule has 12 heteroatoms. The lowest BCUT2D eigenvalue weighted by Crippen LogP contribution is -2.63. The molecule has 0 spiro atoms. The molecule has 2 aliphatic heterocycles. The average Bonchev–Trinajstić information content (AvgIpc) is 3.29. The van der Waals surface area contributed by atoms with E-state index in [0.29, 0.717) is 0 Å². The minimum atomic E-state index is -0.735. The maximum Gasteiger partial charge on any atom is 0.270 e. The van der Waals surface area contributed by atoms with E-state index in [1.54, 1.807) is 0 Å². The standard InChI is InChI=1S/C26H20N6O6/c33-21(11-3-7-27-8-4-11)29-31-23(35)17-13-1-2-14(18(17)24(31)36)16-15(13)19-20(16)26(38)32(25(19)37)30-22(34)12-5-9-28-10-6-12/h1-10,13-20H,(H,29,33)(H,30,34)/t13-,14-,15-,16-,17+,18+,19-,20-/m1/s1. The largest absolute Gasteiger partial charge is 0.272 e. The van der Waals surface area contributed by atoms with Crippen LogP contribution in [0, 0.1) is 47.3 Å². The third-order valence-corrected chi connectivity index (χ3v) is 8.66. The number of pyridine rings is 2. The smallest absolute Gasteiger partial charge is 0.270 e. The second-order valence-corrected chi connectivity index (χ2v) is 10.2. The van der Waals surface area contributed by atoms with Crippen molar-refractivity contribution >= 4 is 35.4 Å². The van der Waals surface area contributed by atoms with Crippen molar-refractivity contribution in [3.05, 3.63) is 72.3 Å². The predicted molar refractivity (Wildman–Crippen MR) is 124 cm³/mol. The number of amides is 6. The van der Waals surface area contributed by atoms with Gasteiger partial charge < -0.3 is 0 Å². The molecule has 2 bridgehead atoms. The van der Waals surface area contributed by atoms with E-state index >= 15 is 0 Å². The molecule has 2 aromatic heterocycles. The number of imide groups is 2. The number of carbonyl (C=O) groups is 6. The first-order chi connectivity index (χ1) is 18.4. The van der Waals surface area contributed by atoms with Crippen LogP contribution in [0.25, 0.3) is 0 Å². The number of carbonyl (C=O) groups excluding carboxylic acids is 6. The van der Waals surface area contributed by atoms with Crippen LogP contribution in [-0.4, -0.2) is 55.4 Å². The highest BCUT2D eigenvalue weighted by molar-refractivity contribution is 6.11. The Balaban J connectivity index is 1.13. The third kappa shape index (κ3) is 2.85. The summed E-state index contributed by atoms with van der Waals surface area (Å²) in [6.07, 6.45) is 9.44. The Morgan fingerprint density at radius 1 is 0.579 bits per heavy atom. The lowest BCUT2D eigenvalue weighted by Gasteiger charge is -2.60. The molecule has 2 saturated heterocycles. The normalized spacial score (nSPS) is 34.0. The number of rotatable bonds is 4. The Labute approximate surface area is 215 Å². The summed E-state index contributed by atoms with van der Waals surface area (Å²) < 4.78 is 0. The van der Waals surface area contributed by atoms with Crippen molar-refractivity contribution in [2.45, 2.75) is 0 Å². The molecule has 2 N–H and O–H groups in total. The summed E-state index contributed by atoms with van der Waals surface area (Å²) in [5.41, 5.74) is 5.34. The highest BCUT2D eigenvalue weighted by atomic mass is 16.2. The summed E-state index contributed by atoms with van der Waals surface area (Å²) in [5.74, 6) is -7.66. The van der Waals surface area contributed by atoms with E-state index in [0.717, 1.165) is 10.0 Å². The molecule has 12 nitrogen and oxygen atoms in total. The van der Waals surface area contributed by atoms with Crippen molar-refractivity contribution in [2.75, 3.05) is 0 Å². The van der Waals surface area contributed by atoms with Crippen LogP contribution in [0.1, 0.15) is 20.7 Å². The van der Waals surface area contributed by atoms with E-state index in [1.165, 1.54) is 49.1 Å². The predicted octanol–water partition coefficient (Wildman–Crippen LogP) is -0.269. The Morgan fingerprint density at radius 3 is 1.29 bits per heavy atom. The zero-order valence-electron chi connectivity index (χ0n) is 19.6. The van der Waals surface area contributed by atoms with Gasteiger partial charge in [0.25, 0.3) is 35.4 Å². The van der Waals surface area contributed by atoms with Gasteiger partial charge in [0.15, 0.2) is 0 Å².